The number of amides is 1. The van der Waals surface area contributed by atoms with Crippen LogP contribution in [0.4, 0.5) is 10.1 Å². The van der Waals surface area contributed by atoms with Crippen LogP contribution in [0, 0.1) is 17.7 Å². The lowest BCUT2D eigenvalue weighted by atomic mass is 10.2. The third-order valence-corrected chi connectivity index (χ3v) is 2.42. The van der Waals surface area contributed by atoms with Crippen molar-refractivity contribution in [1.29, 1.82) is 0 Å². The molecule has 0 bridgehead atoms. The predicted octanol–water partition coefficient (Wildman–Crippen LogP) is 1.82. The highest BCUT2D eigenvalue weighted by Gasteiger charge is 2.07. The molecule has 2 rings (SSSR count). The van der Waals surface area contributed by atoms with E-state index in [1.165, 1.54) is 6.20 Å². The van der Waals surface area contributed by atoms with Crippen molar-refractivity contribution in [3.8, 4) is 11.8 Å². The minimum absolute atomic E-state index is 0.147. The maximum atomic E-state index is 13.0. The van der Waals surface area contributed by atoms with Crippen LogP contribution in [0.1, 0.15) is 15.9 Å². The van der Waals surface area contributed by atoms with Crippen molar-refractivity contribution in [3.05, 3.63) is 59.7 Å². The van der Waals surface area contributed by atoms with Gasteiger partial charge in [-0.25, -0.2) is 4.39 Å². The van der Waals surface area contributed by atoms with Gasteiger partial charge in [0.1, 0.15) is 12.4 Å². The van der Waals surface area contributed by atoms with Crippen LogP contribution in [0.5, 0.6) is 0 Å². The van der Waals surface area contributed by atoms with Gasteiger partial charge in [-0.1, -0.05) is 11.8 Å². The molecule has 2 N–H and O–H groups in total. The van der Waals surface area contributed by atoms with Gasteiger partial charge in [-0.3, -0.25) is 9.78 Å². The van der Waals surface area contributed by atoms with Crippen molar-refractivity contribution in [3.63, 3.8) is 0 Å². The van der Waals surface area contributed by atoms with Crippen molar-refractivity contribution >= 4 is 11.6 Å². The first-order valence-corrected chi connectivity index (χ1v) is 5.81. The van der Waals surface area contributed by atoms with Gasteiger partial charge in [0.15, 0.2) is 0 Å². The second-order valence-electron chi connectivity index (χ2n) is 3.88. The van der Waals surface area contributed by atoms with E-state index in [1.807, 2.05) is 0 Å². The molecule has 1 aromatic carbocycles. The van der Waals surface area contributed by atoms with Crippen molar-refractivity contribution < 1.29 is 14.3 Å². The van der Waals surface area contributed by atoms with E-state index < -0.39 is 11.7 Å². The standard InChI is InChI=1S/C15H11FN2O2/c16-13-8-12(9-17-10-13)15(20)18-14-5-3-11(4-6-14)2-1-7-19/h3-6,8-10,19H,7H2,(H,18,20). The second kappa shape index (κ2) is 6.45. The number of carbonyl (C=O) groups excluding carboxylic acids is 1. The van der Waals surface area contributed by atoms with E-state index in [0.717, 1.165) is 17.8 Å². The van der Waals surface area contributed by atoms with Crippen LogP contribution >= 0.6 is 0 Å². The fourth-order valence-corrected chi connectivity index (χ4v) is 1.52. The number of pyridine rings is 1. The van der Waals surface area contributed by atoms with Gasteiger partial charge in [-0.2, -0.15) is 0 Å². The lowest BCUT2D eigenvalue weighted by Crippen LogP contribution is -2.12. The van der Waals surface area contributed by atoms with Gasteiger partial charge in [0, 0.05) is 17.4 Å². The SMILES string of the molecule is O=C(Nc1ccc(C#CCO)cc1)c1cncc(F)c1. The van der Waals surface area contributed by atoms with E-state index >= 15 is 0 Å². The molecular formula is C15H11FN2O2. The number of nitrogens with one attached hydrogen (secondary N) is 1. The van der Waals surface area contributed by atoms with Gasteiger partial charge >= 0.3 is 0 Å². The molecule has 0 saturated carbocycles. The van der Waals surface area contributed by atoms with Crippen LogP contribution in [-0.2, 0) is 0 Å². The minimum atomic E-state index is -0.563. The number of aliphatic hydroxyl groups excluding tert-OH is 1. The van der Waals surface area contributed by atoms with Gasteiger partial charge in [0.05, 0.1) is 11.8 Å². The summed E-state index contributed by atoms with van der Waals surface area (Å²) in [6.07, 6.45) is 2.32. The largest absolute Gasteiger partial charge is 0.384 e. The molecule has 0 saturated heterocycles. The lowest BCUT2D eigenvalue weighted by molar-refractivity contribution is 0.102. The number of aliphatic hydroxyl groups is 1. The average Bonchev–Trinajstić information content (AvgIpc) is 2.46. The lowest BCUT2D eigenvalue weighted by Gasteiger charge is -2.05. The number of hydrogen-bond donors (Lipinski definition) is 2. The number of nitrogens with zero attached hydrogens (tertiary/aromatic N) is 1. The molecule has 1 amide bonds. The van der Waals surface area contributed by atoms with E-state index in [2.05, 4.69) is 22.1 Å². The van der Waals surface area contributed by atoms with Crippen LogP contribution in [0.15, 0.2) is 42.7 Å². The highest BCUT2D eigenvalue weighted by Crippen LogP contribution is 2.11. The minimum Gasteiger partial charge on any atom is -0.384 e. The van der Waals surface area contributed by atoms with E-state index in [0.29, 0.717) is 5.69 Å². The molecule has 20 heavy (non-hydrogen) atoms. The summed E-state index contributed by atoms with van der Waals surface area (Å²) in [5, 5.41) is 11.2. The van der Waals surface area contributed by atoms with Crippen molar-refractivity contribution in [2.24, 2.45) is 0 Å². The maximum Gasteiger partial charge on any atom is 0.257 e. The third kappa shape index (κ3) is 3.64. The number of benzene rings is 1. The molecule has 100 valence electrons. The predicted molar refractivity (Wildman–Crippen MR) is 72.6 cm³/mol. The third-order valence-electron chi connectivity index (χ3n) is 2.42. The smallest absolute Gasteiger partial charge is 0.257 e. The highest BCUT2D eigenvalue weighted by atomic mass is 19.1. The molecule has 0 atom stereocenters. The Morgan fingerprint density at radius 3 is 2.70 bits per heavy atom. The zero-order chi connectivity index (χ0) is 14.4. The van der Waals surface area contributed by atoms with Crippen LogP contribution in [-0.4, -0.2) is 22.6 Å². The topological polar surface area (TPSA) is 62.2 Å². The monoisotopic (exact) mass is 270 g/mol. The first-order valence-electron chi connectivity index (χ1n) is 5.81. The Kier molecular flexibility index (Phi) is 4.43. The number of rotatable bonds is 2. The van der Waals surface area contributed by atoms with Crippen LogP contribution in [0.25, 0.3) is 0 Å². The fraction of sp³-hybridized carbons (Fsp3) is 0.0667. The average molecular weight is 270 g/mol. The maximum absolute atomic E-state index is 13.0. The van der Waals surface area contributed by atoms with Gasteiger partial charge < -0.3 is 10.4 Å². The summed E-state index contributed by atoms with van der Waals surface area (Å²) < 4.78 is 13.0. The van der Waals surface area contributed by atoms with Gasteiger partial charge in [-0.15, -0.1) is 0 Å². The summed E-state index contributed by atoms with van der Waals surface area (Å²) in [7, 11) is 0. The number of halogens is 1. The van der Waals surface area contributed by atoms with Crippen LogP contribution < -0.4 is 5.32 Å². The summed E-state index contributed by atoms with van der Waals surface area (Å²) in [6, 6.07) is 7.88. The number of anilines is 1. The van der Waals surface area contributed by atoms with Crippen molar-refractivity contribution in [2.45, 2.75) is 0 Å². The Morgan fingerprint density at radius 1 is 1.30 bits per heavy atom. The molecule has 0 aliphatic rings. The Hall–Kier alpha value is -2.71. The first-order chi connectivity index (χ1) is 9.69. The second-order valence-corrected chi connectivity index (χ2v) is 3.88. The molecule has 5 heteroatoms. The molecule has 0 radical (unpaired) electrons. The summed E-state index contributed by atoms with van der Waals surface area (Å²) in [5.41, 5.74) is 1.44. The molecule has 0 aliphatic carbocycles. The zero-order valence-electron chi connectivity index (χ0n) is 10.4. The van der Waals surface area contributed by atoms with E-state index in [1.54, 1.807) is 24.3 Å². The van der Waals surface area contributed by atoms with Crippen molar-refractivity contribution in [1.82, 2.24) is 4.98 Å². The van der Waals surface area contributed by atoms with E-state index in [-0.39, 0.29) is 12.2 Å². The summed E-state index contributed by atoms with van der Waals surface area (Å²) in [4.78, 5) is 15.5. The molecule has 1 heterocycles. The molecule has 0 spiro atoms. The number of aromatic nitrogens is 1. The molecule has 4 nitrogen and oxygen atoms in total. The quantitative estimate of drug-likeness (QED) is 0.818. The Balaban J connectivity index is 2.08. The molecule has 0 unspecified atom stereocenters. The molecular weight excluding hydrogens is 259 g/mol. The summed E-state index contributed by atoms with van der Waals surface area (Å²) in [6.45, 7) is -0.203. The van der Waals surface area contributed by atoms with Gasteiger partial charge in [0.25, 0.3) is 5.91 Å². The van der Waals surface area contributed by atoms with Crippen LogP contribution in [0.3, 0.4) is 0 Å². The molecule has 0 fully saturated rings. The summed E-state index contributed by atoms with van der Waals surface area (Å²) >= 11 is 0. The Morgan fingerprint density at radius 2 is 2.05 bits per heavy atom. The summed E-state index contributed by atoms with van der Waals surface area (Å²) in [5.74, 6) is 4.27. The van der Waals surface area contributed by atoms with Crippen molar-refractivity contribution in [2.75, 3.05) is 11.9 Å². The van der Waals surface area contributed by atoms with Crippen LogP contribution in [0.2, 0.25) is 0 Å². The fourth-order valence-electron chi connectivity index (χ4n) is 1.52. The molecule has 0 aliphatic heterocycles. The first kappa shape index (κ1) is 13.7. The van der Waals surface area contributed by atoms with E-state index in [4.69, 9.17) is 5.11 Å². The van der Waals surface area contributed by atoms with E-state index in [9.17, 15) is 9.18 Å². The number of carbonyl (C=O) groups is 1. The molecule has 1 aromatic heterocycles. The zero-order valence-corrected chi connectivity index (χ0v) is 10.4. The Labute approximate surface area is 115 Å². The normalized spacial score (nSPS) is 9.50. The Bertz CT molecular complexity index is 672. The molecule has 2 aromatic rings. The highest BCUT2D eigenvalue weighted by molar-refractivity contribution is 6.04. The number of hydrogen-bond acceptors (Lipinski definition) is 3. The van der Waals surface area contributed by atoms with Gasteiger partial charge in [-0.05, 0) is 30.3 Å². The van der Waals surface area contributed by atoms with Gasteiger partial charge in [0.2, 0.25) is 0 Å².